The number of aliphatic hydroxyl groups excluding tert-OH is 1. The first-order chi connectivity index (χ1) is 9.97. The van der Waals surface area contributed by atoms with E-state index in [4.69, 9.17) is 4.74 Å². The summed E-state index contributed by atoms with van der Waals surface area (Å²) in [6, 6.07) is 4.61. The Morgan fingerprint density at radius 2 is 2.10 bits per heavy atom. The van der Waals surface area contributed by atoms with E-state index in [0.29, 0.717) is 24.1 Å². The highest BCUT2D eigenvalue weighted by Crippen LogP contribution is 2.29. The molecule has 0 radical (unpaired) electrons. The average Bonchev–Trinajstić information content (AvgIpc) is 2.50. The van der Waals surface area contributed by atoms with Crippen molar-refractivity contribution in [2.45, 2.75) is 38.3 Å². The predicted octanol–water partition coefficient (Wildman–Crippen LogP) is 2.99. The summed E-state index contributed by atoms with van der Waals surface area (Å²) in [6.45, 7) is 7.29. The molecular formula is C16H23BrFNO2. The van der Waals surface area contributed by atoms with Crippen LogP contribution in [0.1, 0.15) is 25.8 Å². The molecule has 0 saturated carbocycles. The van der Waals surface area contributed by atoms with Gasteiger partial charge in [0.25, 0.3) is 0 Å². The number of rotatable bonds is 5. The molecule has 0 amide bonds. The van der Waals surface area contributed by atoms with Crippen LogP contribution >= 0.6 is 15.9 Å². The molecule has 1 aliphatic heterocycles. The lowest BCUT2D eigenvalue weighted by Gasteiger charge is -2.46. The van der Waals surface area contributed by atoms with Crippen molar-refractivity contribution in [2.24, 2.45) is 0 Å². The molecule has 1 heterocycles. The van der Waals surface area contributed by atoms with Crippen molar-refractivity contribution in [1.82, 2.24) is 4.90 Å². The molecule has 5 heteroatoms. The quantitative estimate of drug-likeness (QED) is 0.876. The van der Waals surface area contributed by atoms with Crippen molar-refractivity contribution >= 4 is 15.9 Å². The molecule has 0 spiro atoms. The number of aliphatic hydroxyl groups is 1. The molecule has 0 aliphatic carbocycles. The van der Waals surface area contributed by atoms with Gasteiger partial charge in [0.2, 0.25) is 0 Å². The largest absolute Gasteiger partial charge is 0.391 e. The fourth-order valence-corrected chi connectivity index (χ4v) is 3.37. The van der Waals surface area contributed by atoms with Gasteiger partial charge in [-0.05, 0) is 31.0 Å². The summed E-state index contributed by atoms with van der Waals surface area (Å²) in [7, 11) is 0. The predicted molar refractivity (Wildman–Crippen MR) is 84.9 cm³/mol. The van der Waals surface area contributed by atoms with Gasteiger partial charge in [-0.15, -0.1) is 0 Å². The van der Waals surface area contributed by atoms with Crippen LogP contribution in [0, 0.1) is 5.82 Å². The van der Waals surface area contributed by atoms with Crippen molar-refractivity contribution in [3.05, 3.63) is 34.1 Å². The molecular weight excluding hydrogens is 337 g/mol. The van der Waals surface area contributed by atoms with E-state index in [1.54, 1.807) is 6.07 Å². The number of nitrogens with zero attached hydrogens (tertiary/aromatic N) is 1. The van der Waals surface area contributed by atoms with E-state index in [0.717, 1.165) is 25.1 Å². The van der Waals surface area contributed by atoms with E-state index < -0.39 is 6.10 Å². The van der Waals surface area contributed by atoms with Gasteiger partial charge in [0.15, 0.2) is 0 Å². The number of morpholine rings is 1. The summed E-state index contributed by atoms with van der Waals surface area (Å²) in [4.78, 5) is 2.30. The maximum atomic E-state index is 13.2. The molecule has 118 valence electrons. The van der Waals surface area contributed by atoms with Crippen molar-refractivity contribution in [3.63, 3.8) is 0 Å². The lowest BCUT2D eigenvalue weighted by Crippen LogP contribution is -2.58. The number of benzene rings is 1. The molecule has 21 heavy (non-hydrogen) atoms. The zero-order chi connectivity index (χ0) is 15.5. The minimum atomic E-state index is -0.512. The third-order valence-electron chi connectivity index (χ3n) is 4.60. The van der Waals surface area contributed by atoms with Gasteiger partial charge in [0.1, 0.15) is 5.82 Å². The first-order valence-electron chi connectivity index (χ1n) is 7.42. The second-order valence-corrected chi connectivity index (χ2v) is 6.62. The van der Waals surface area contributed by atoms with Crippen LogP contribution in [-0.4, -0.2) is 48.0 Å². The van der Waals surface area contributed by atoms with Crippen LogP contribution in [-0.2, 0) is 11.2 Å². The highest BCUT2D eigenvalue weighted by molar-refractivity contribution is 9.10. The zero-order valence-corrected chi connectivity index (χ0v) is 14.2. The summed E-state index contributed by atoms with van der Waals surface area (Å²) in [5.74, 6) is -0.272. The molecule has 1 aromatic carbocycles. The summed E-state index contributed by atoms with van der Waals surface area (Å²) in [6.07, 6.45) is 0.845. The Morgan fingerprint density at radius 1 is 1.43 bits per heavy atom. The van der Waals surface area contributed by atoms with E-state index in [2.05, 4.69) is 34.7 Å². The highest BCUT2D eigenvalue weighted by Gasteiger charge is 2.38. The van der Waals surface area contributed by atoms with Gasteiger partial charge in [0, 0.05) is 29.5 Å². The topological polar surface area (TPSA) is 32.7 Å². The fraction of sp³-hybridized carbons (Fsp3) is 0.625. The molecule has 0 bridgehead atoms. The van der Waals surface area contributed by atoms with E-state index in [1.807, 2.05) is 0 Å². The summed E-state index contributed by atoms with van der Waals surface area (Å²) >= 11 is 3.38. The second kappa shape index (κ2) is 7.18. The Hall–Kier alpha value is -0.490. The number of ether oxygens (including phenoxy) is 1. The summed E-state index contributed by atoms with van der Waals surface area (Å²) in [5, 5.41) is 10.8. The number of hydrogen-bond donors (Lipinski definition) is 1. The van der Waals surface area contributed by atoms with Crippen LogP contribution in [0.5, 0.6) is 0 Å². The van der Waals surface area contributed by atoms with E-state index in [1.165, 1.54) is 12.1 Å². The van der Waals surface area contributed by atoms with E-state index in [9.17, 15) is 9.50 Å². The van der Waals surface area contributed by atoms with Crippen LogP contribution < -0.4 is 0 Å². The highest BCUT2D eigenvalue weighted by atomic mass is 79.9. The molecule has 1 aliphatic rings. The van der Waals surface area contributed by atoms with Crippen LogP contribution in [0.25, 0.3) is 0 Å². The minimum absolute atomic E-state index is 0.272. The Labute approximate surface area is 134 Å². The smallest absolute Gasteiger partial charge is 0.124 e. The molecule has 2 atom stereocenters. The molecule has 1 saturated heterocycles. The Bertz CT molecular complexity index is 479. The zero-order valence-electron chi connectivity index (χ0n) is 12.6. The first kappa shape index (κ1) is 16.9. The van der Waals surface area contributed by atoms with Gasteiger partial charge in [-0.1, -0.05) is 28.9 Å². The Kier molecular flexibility index (Phi) is 5.77. The maximum absolute atomic E-state index is 13.2. The molecule has 0 aromatic heterocycles. The number of hydrogen-bond acceptors (Lipinski definition) is 3. The lowest BCUT2D eigenvalue weighted by molar-refractivity contribution is -0.0714. The van der Waals surface area contributed by atoms with Crippen LogP contribution in [0.3, 0.4) is 0 Å². The lowest BCUT2D eigenvalue weighted by atomic mass is 9.85. The van der Waals surface area contributed by atoms with Gasteiger partial charge in [-0.3, -0.25) is 4.90 Å². The monoisotopic (exact) mass is 359 g/mol. The SMILES string of the molecule is CCC(C)(C(O)Cc1ccc(F)cc1Br)N1CCOCC1. The second-order valence-electron chi connectivity index (χ2n) is 5.77. The third kappa shape index (κ3) is 3.83. The summed E-state index contributed by atoms with van der Waals surface area (Å²) < 4.78 is 19.3. The van der Waals surface area contributed by atoms with Crippen molar-refractivity contribution < 1.29 is 14.2 Å². The molecule has 1 N–H and O–H groups in total. The van der Waals surface area contributed by atoms with E-state index in [-0.39, 0.29) is 11.4 Å². The molecule has 2 rings (SSSR count). The third-order valence-corrected chi connectivity index (χ3v) is 5.33. The van der Waals surface area contributed by atoms with Gasteiger partial charge >= 0.3 is 0 Å². The Morgan fingerprint density at radius 3 is 2.67 bits per heavy atom. The molecule has 2 unspecified atom stereocenters. The van der Waals surface area contributed by atoms with Gasteiger partial charge < -0.3 is 9.84 Å². The normalized spacial score (nSPS) is 21.0. The number of halogens is 2. The van der Waals surface area contributed by atoms with Crippen LogP contribution in [0.2, 0.25) is 0 Å². The van der Waals surface area contributed by atoms with Crippen LogP contribution in [0.15, 0.2) is 22.7 Å². The molecule has 3 nitrogen and oxygen atoms in total. The fourth-order valence-electron chi connectivity index (χ4n) is 2.86. The van der Waals surface area contributed by atoms with Gasteiger partial charge in [-0.25, -0.2) is 4.39 Å². The maximum Gasteiger partial charge on any atom is 0.124 e. The molecule has 1 fully saturated rings. The standard InChI is InChI=1S/C16H23BrFNO2/c1-3-16(2,19-6-8-21-9-7-19)15(20)10-12-4-5-13(18)11-14(12)17/h4-5,11,15,20H,3,6-10H2,1-2H3. The summed E-state index contributed by atoms with van der Waals surface area (Å²) in [5.41, 5.74) is 0.634. The van der Waals surface area contributed by atoms with Crippen molar-refractivity contribution in [3.8, 4) is 0 Å². The van der Waals surface area contributed by atoms with Crippen molar-refractivity contribution in [2.75, 3.05) is 26.3 Å². The van der Waals surface area contributed by atoms with Crippen LogP contribution in [0.4, 0.5) is 4.39 Å². The van der Waals surface area contributed by atoms with Gasteiger partial charge in [-0.2, -0.15) is 0 Å². The Balaban J connectivity index is 2.13. The minimum Gasteiger partial charge on any atom is -0.391 e. The average molecular weight is 360 g/mol. The van der Waals surface area contributed by atoms with Crippen molar-refractivity contribution in [1.29, 1.82) is 0 Å². The first-order valence-corrected chi connectivity index (χ1v) is 8.21. The molecule has 1 aromatic rings. The van der Waals surface area contributed by atoms with E-state index >= 15 is 0 Å². The van der Waals surface area contributed by atoms with Gasteiger partial charge in [0.05, 0.1) is 19.3 Å².